The van der Waals surface area contributed by atoms with Crippen LogP contribution in [0.3, 0.4) is 0 Å². The molecule has 0 radical (unpaired) electrons. The van der Waals surface area contributed by atoms with Gasteiger partial charge in [-0.3, -0.25) is 4.98 Å². The molecule has 0 aliphatic carbocycles. The average molecular weight is 278 g/mol. The van der Waals surface area contributed by atoms with E-state index in [2.05, 4.69) is 27.9 Å². The lowest BCUT2D eigenvalue weighted by atomic mass is 10.1. The van der Waals surface area contributed by atoms with E-state index in [0.717, 1.165) is 40.8 Å². The number of aromatic nitrogens is 3. The predicted molar refractivity (Wildman–Crippen MR) is 84.7 cm³/mol. The molecule has 1 unspecified atom stereocenters. The summed E-state index contributed by atoms with van der Waals surface area (Å²) < 4.78 is 0. The van der Waals surface area contributed by atoms with Crippen molar-refractivity contribution in [3.63, 3.8) is 0 Å². The number of pyridine rings is 1. The van der Waals surface area contributed by atoms with Crippen LogP contribution >= 0.6 is 0 Å². The van der Waals surface area contributed by atoms with E-state index in [0.29, 0.717) is 0 Å². The summed E-state index contributed by atoms with van der Waals surface area (Å²) in [4.78, 5) is 13.3. The molecule has 21 heavy (non-hydrogen) atoms. The fraction of sp³-hybridized carbons (Fsp3) is 0.235. The van der Waals surface area contributed by atoms with Gasteiger partial charge in [-0.2, -0.15) is 0 Å². The van der Waals surface area contributed by atoms with Crippen molar-refractivity contribution in [3.8, 4) is 11.4 Å². The molecule has 106 valence electrons. The van der Waals surface area contributed by atoms with Crippen molar-refractivity contribution in [1.82, 2.24) is 15.0 Å². The van der Waals surface area contributed by atoms with Gasteiger partial charge in [-0.25, -0.2) is 9.97 Å². The fourth-order valence-corrected chi connectivity index (χ4v) is 2.28. The number of nitrogens with zero attached hydrogens (tertiary/aromatic N) is 3. The van der Waals surface area contributed by atoms with Crippen LogP contribution in [0.5, 0.6) is 0 Å². The summed E-state index contributed by atoms with van der Waals surface area (Å²) in [5.74, 6) is 0.738. The van der Waals surface area contributed by atoms with E-state index in [1.165, 1.54) is 0 Å². The SMILES string of the molecule is CCC(N)Cc1ccnc(-c2ccc3ncccc3c2)n1. The maximum absolute atomic E-state index is 6.00. The van der Waals surface area contributed by atoms with Crippen LogP contribution in [0.15, 0.2) is 48.8 Å². The van der Waals surface area contributed by atoms with E-state index < -0.39 is 0 Å². The van der Waals surface area contributed by atoms with Crippen molar-refractivity contribution in [2.24, 2.45) is 5.73 Å². The Hall–Kier alpha value is -2.33. The molecule has 2 aromatic heterocycles. The van der Waals surface area contributed by atoms with Crippen LogP contribution in [-0.2, 0) is 6.42 Å². The van der Waals surface area contributed by atoms with Crippen LogP contribution in [0.2, 0.25) is 0 Å². The maximum Gasteiger partial charge on any atom is 0.159 e. The van der Waals surface area contributed by atoms with Crippen molar-refractivity contribution in [1.29, 1.82) is 0 Å². The second-order valence-electron chi connectivity index (χ2n) is 5.15. The first-order valence-electron chi connectivity index (χ1n) is 7.19. The Labute approximate surface area is 124 Å². The number of fused-ring (bicyclic) bond motifs is 1. The normalized spacial score (nSPS) is 12.5. The standard InChI is InChI=1S/C17H18N4/c1-2-14(18)11-15-7-9-20-17(21-15)13-5-6-16-12(10-13)4-3-8-19-16/h3-10,14H,2,11,18H2,1H3. The van der Waals surface area contributed by atoms with E-state index in [4.69, 9.17) is 5.73 Å². The molecule has 0 saturated heterocycles. The number of rotatable bonds is 4. The lowest BCUT2D eigenvalue weighted by molar-refractivity contribution is 0.636. The number of benzene rings is 1. The molecule has 4 nitrogen and oxygen atoms in total. The molecule has 0 aliphatic rings. The highest BCUT2D eigenvalue weighted by atomic mass is 14.9. The highest BCUT2D eigenvalue weighted by molar-refractivity contribution is 5.82. The van der Waals surface area contributed by atoms with Crippen LogP contribution in [0.25, 0.3) is 22.3 Å². The second kappa shape index (κ2) is 5.97. The molecular weight excluding hydrogens is 260 g/mol. The maximum atomic E-state index is 6.00. The van der Waals surface area contributed by atoms with E-state index >= 15 is 0 Å². The smallest absolute Gasteiger partial charge is 0.159 e. The average Bonchev–Trinajstić information content (AvgIpc) is 2.54. The van der Waals surface area contributed by atoms with E-state index in [1.807, 2.05) is 30.3 Å². The van der Waals surface area contributed by atoms with E-state index in [9.17, 15) is 0 Å². The molecule has 1 aromatic carbocycles. The summed E-state index contributed by atoms with van der Waals surface area (Å²) in [6.45, 7) is 2.09. The lowest BCUT2D eigenvalue weighted by Gasteiger charge is -2.09. The van der Waals surface area contributed by atoms with Crippen LogP contribution in [-0.4, -0.2) is 21.0 Å². The monoisotopic (exact) mass is 278 g/mol. The molecule has 0 amide bonds. The van der Waals surface area contributed by atoms with Gasteiger partial charge in [-0.1, -0.05) is 13.0 Å². The molecule has 0 bridgehead atoms. The molecule has 2 N–H and O–H groups in total. The summed E-state index contributed by atoms with van der Waals surface area (Å²) in [5.41, 5.74) is 8.97. The molecular formula is C17H18N4. The zero-order valence-electron chi connectivity index (χ0n) is 12.0. The Bertz CT molecular complexity index is 754. The molecule has 0 saturated carbocycles. The summed E-state index contributed by atoms with van der Waals surface area (Å²) in [7, 11) is 0. The van der Waals surface area contributed by atoms with Gasteiger partial charge in [0.25, 0.3) is 0 Å². The van der Waals surface area contributed by atoms with Crippen molar-refractivity contribution in [2.75, 3.05) is 0 Å². The van der Waals surface area contributed by atoms with Crippen LogP contribution in [0.4, 0.5) is 0 Å². The van der Waals surface area contributed by atoms with Crippen molar-refractivity contribution >= 4 is 10.9 Å². The zero-order chi connectivity index (χ0) is 14.7. The van der Waals surface area contributed by atoms with E-state index in [1.54, 1.807) is 12.4 Å². The minimum atomic E-state index is 0.147. The quantitative estimate of drug-likeness (QED) is 0.797. The van der Waals surface area contributed by atoms with Gasteiger partial charge in [-0.15, -0.1) is 0 Å². The van der Waals surface area contributed by atoms with Gasteiger partial charge in [-0.05, 0) is 36.8 Å². The highest BCUT2D eigenvalue weighted by Crippen LogP contribution is 2.20. The fourth-order valence-electron chi connectivity index (χ4n) is 2.28. The number of hydrogen-bond acceptors (Lipinski definition) is 4. The first-order chi connectivity index (χ1) is 10.3. The van der Waals surface area contributed by atoms with Crippen LogP contribution in [0.1, 0.15) is 19.0 Å². The summed E-state index contributed by atoms with van der Waals surface area (Å²) in [6.07, 6.45) is 5.32. The number of nitrogens with two attached hydrogens (primary N) is 1. The Kier molecular flexibility index (Phi) is 3.88. The van der Waals surface area contributed by atoms with Crippen molar-refractivity contribution in [3.05, 3.63) is 54.5 Å². The second-order valence-corrected chi connectivity index (χ2v) is 5.15. The van der Waals surface area contributed by atoms with Gasteiger partial charge >= 0.3 is 0 Å². The predicted octanol–water partition coefficient (Wildman–Crippen LogP) is 2.97. The third kappa shape index (κ3) is 3.06. The molecule has 2 heterocycles. The molecule has 1 atom stereocenters. The summed E-state index contributed by atoms with van der Waals surface area (Å²) in [5, 5.41) is 1.09. The zero-order valence-corrected chi connectivity index (χ0v) is 12.0. The molecule has 0 fully saturated rings. The van der Waals surface area contributed by atoms with Gasteiger partial charge in [0.1, 0.15) is 0 Å². The van der Waals surface area contributed by atoms with Crippen molar-refractivity contribution < 1.29 is 0 Å². The third-order valence-electron chi connectivity index (χ3n) is 3.57. The molecule has 4 heteroatoms. The molecule has 0 aliphatic heterocycles. The van der Waals surface area contributed by atoms with Crippen LogP contribution < -0.4 is 5.73 Å². The minimum Gasteiger partial charge on any atom is -0.327 e. The Morgan fingerprint density at radius 3 is 2.86 bits per heavy atom. The van der Waals surface area contributed by atoms with E-state index in [-0.39, 0.29) is 6.04 Å². The molecule has 3 rings (SSSR count). The first kappa shape index (κ1) is 13.6. The summed E-state index contributed by atoms with van der Waals surface area (Å²) >= 11 is 0. The van der Waals surface area contributed by atoms with Crippen molar-refractivity contribution in [2.45, 2.75) is 25.8 Å². The highest BCUT2D eigenvalue weighted by Gasteiger charge is 2.07. The topological polar surface area (TPSA) is 64.7 Å². The number of hydrogen-bond donors (Lipinski definition) is 1. The van der Waals surface area contributed by atoms with Gasteiger partial charge in [0.2, 0.25) is 0 Å². The lowest BCUT2D eigenvalue weighted by Crippen LogP contribution is -2.22. The first-order valence-corrected chi connectivity index (χ1v) is 7.19. The largest absolute Gasteiger partial charge is 0.327 e. The third-order valence-corrected chi connectivity index (χ3v) is 3.57. The Balaban J connectivity index is 1.96. The van der Waals surface area contributed by atoms with Gasteiger partial charge in [0, 0.05) is 41.5 Å². The molecule has 3 aromatic rings. The Morgan fingerprint density at radius 1 is 1.10 bits per heavy atom. The summed E-state index contributed by atoms with van der Waals surface area (Å²) in [6, 6.07) is 12.1. The Morgan fingerprint density at radius 2 is 2.00 bits per heavy atom. The van der Waals surface area contributed by atoms with Crippen LogP contribution in [0, 0.1) is 0 Å². The molecule has 0 spiro atoms. The van der Waals surface area contributed by atoms with Gasteiger partial charge in [0.15, 0.2) is 5.82 Å². The minimum absolute atomic E-state index is 0.147. The van der Waals surface area contributed by atoms with Gasteiger partial charge < -0.3 is 5.73 Å². The van der Waals surface area contributed by atoms with Gasteiger partial charge in [0.05, 0.1) is 5.52 Å².